The lowest BCUT2D eigenvalue weighted by Gasteiger charge is -2.34. The van der Waals surface area contributed by atoms with Gasteiger partial charge in [0.15, 0.2) is 14.6 Å². The van der Waals surface area contributed by atoms with E-state index in [2.05, 4.69) is 5.32 Å². The second-order valence-electron chi connectivity index (χ2n) is 4.18. The van der Waals surface area contributed by atoms with Gasteiger partial charge in [0.05, 0.1) is 0 Å². The Labute approximate surface area is 105 Å². The van der Waals surface area contributed by atoms with Crippen LogP contribution in [0.3, 0.4) is 0 Å². The van der Waals surface area contributed by atoms with Crippen molar-refractivity contribution in [2.45, 2.75) is 18.1 Å². The van der Waals surface area contributed by atoms with Gasteiger partial charge in [-0.1, -0.05) is 37.3 Å². The molecular formula is C12H13NO4S. The van der Waals surface area contributed by atoms with Crippen molar-refractivity contribution in [3.63, 3.8) is 0 Å². The van der Waals surface area contributed by atoms with Gasteiger partial charge in [0.1, 0.15) is 5.75 Å². The molecular weight excluding hydrogens is 254 g/mol. The molecule has 1 fully saturated rings. The van der Waals surface area contributed by atoms with Crippen LogP contribution in [0.1, 0.15) is 18.9 Å². The van der Waals surface area contributed by atoms with Crippen LogP contribution in [0, 0.1) is 0 Å². The molecule has 5 nitrogen and oxygen atoms in total. The van der Waals surface area contributed by atoms with Gasteiger partial charge in [-0.05, 0) is 12.0 Å². The van der Waals surface area contributed by atoms with Crippen LogP contribution in [-0.4, -0.2) is 26.0 Å². The molecule has 0 aliphatic carbocycles. The largest absolute Gasteiger partial charge is 0.294 e. The maximum absolute atomic E-state index is 12.3. The van der Waals surface area contributed by atoms with Crippen LogP contribution < -0.4 is 5.32 Å². The third-order valence-electron chi connectivity index (χ3n) is 3.21. The summed E-state index contributed by atoms with van der Waals surface area (Å²) in [7, 11) is -3.85. The zero-order valence-electron chi connectivity index (χ0n) is 9.84. The van der Waals surface area contributed by atoms with E-state index in [0.29, 0.717) is 5.56 Å². The van der Waals surface area contributed by atoms with Crippen molar-refractivity contribution in [3.8, 4) is 0 Å². The minimum atomic E-state index is -3.85. The zero-order chi connectivity index (χ0) is 13.4. The van der Waals surface area contributed by atoms with E-state index >= 15 is 0 Å². The van der Waals surface area contributed by atoms with Crippen LogP contribution in [0.2, 0.25) is 0 Å². The Balaban J connectivity index is 2.69. The molecule has 0 spiro atoms. The fourth-order valence-electron chi connectivity index (χ4n) is 2.30. The van der Waals surface area contributed by atoms with Crippen molar-refractivity contribution in [2.24, 2.45) is 0 Å². The predicted molar refractivity (Wildman–Crippen MR) is 65.3 cm³/mol. The lowest BCUT2D eigenvalue weighted by atomic mass is 9.94. The number of benzene rings is 1. The van der Waals surface area contributed by atoms with Crippen LogP contribution in [0.4, 0.5) is 0 Å². The zero-order valence-corrected chi connectivity index (χ0v) is 10.7. The Morgan fingerprint density at radius 2 is 1.83 bits per heavy atom. The van der Waals surface area contributed by atoms with Crippen LogP contribution >= 0.6 is 0 Å². The Hall–Kier alpha value is -1.69. The van der Waals surface area contributed by atoms with Crippen molar-refractivity contribution in [3.05, 3.63) is 35.9 Å². The number of amides is 2. The van der Waals surface area contributed by atoms with Gasteiger partial charge in [0, 0.05) is 0 Å². The van der Waals surface area contributed by atoms with E-state index in [1.165, 1.54) is 0 Å². The molecule has 1 N–H and O–H groups in total. The summed E-state index contributed by atoms with van der Waals surface area (Å²) < 4.78 is 22.9. The highest BCUT2D eigenvalue weighted by Crippen LogP contribution is 2.36. The number of carbonyl (C=O) groups is 2. The van der Waals surface area contributed by atoms with E-state index in [-0.39, 0.29) is 6.42 Å². The van der Waals surface area contributed by atoms with Crippen LogP contribution in [0.15, 0.2) is 30.3 Å². The lowest BCUT2D eigenvalue weighted by Crippen LogP contribution is -2.59. The number of sulfone groups is 1. The fraction of sp³-hybridized carbons (Fsp3) is 0.333. The van der Waals surface area contributed by atoms with Gasteiger partial charge in [-0.2, -0.15) is 0 Å². The number of imide groups is 1. The van der Waals surface area contributed by atoms with Crippen molar-refractivity contribution in [1.82, 2.24) is 5.32 Å². The maximum atomic E-state index is 12.3. The second-order valence-corrected chi connectivity index (χ2v) is 6.40. The van der Waals surface area contributed by atoms with Crippen molar-refractivity contribution in [1.29, 1.82) is 0 Å². The van der Waals surface area contributed by atoms with Gasteiger partial charge in [0.2, 0.25) is 5.91 Å². The Morgan fingerprint density at radius 3 is 2.33 bits per heavy atom. The highest BCUT2D eigenvalue weighted by Gasteiger charge is 2.54. The molecule has 1 aromatic carbocycles. The number of rotatable bonds is 2. The van der Waals surface area contributed by atoms with Gasteiger partial charge in [-0.15, -0.1) is 0 Å². The topological polar surface area (TPSA) is 80.3 Å². The van der Waals surface area contributed by atoms with E-state index in [9.17, 15) is 18.0 Å². The average molecular weight is 267 g/mol. The first-order valence-corrected chi connectivity index (χ1v) is 7.21. The molecule has 2 amide bonds. The molecule has 1 aromatic rings. The van der Waals surface area contributed by atoms with Gasteiger partial charge in [-0.3, -0.25) is 14.9 Å². The summed E-state index contributed by atoms with van der Waals surface area (Å²) in [4.78, 5) is 23.3. The summed E-state index contributed by atoms with van der Waals surface area (Å²) in [6, 6.07) is 8.27. The van der Waals surface area contributed by atoms with Crippen LogP contribution in [0.25, 0.3) is 0 Å². The van der Waals surface area contributed by atoms with Gasteiger partial charge in [0.25, 0.3) is 5.91 Å². The number of hydrogen-bond donors (Lipinski definition) is 1. The molecule has 96 valence electrons. The Bertz CT molecular complexity index is 594. The predicted octanol–water partition coefficient (Wildman–Crippen LogP) is 0.363. The number of carbonyl (C=O) groups excluding carboxylic acids is 2. The van der Waals surface area contributed by atoms with E-state index in [0.717, 1.165) is 0 Å². The first-order valence-electron chi connectivity index (χ1n) is 5.56. The summed E-state index contributed by atoms with van der Waals surface area (Å²) in [5, 5.41) is 2.12. The normalized spacial score (nSPS) is 26.7. The molecule has 6 heteroatoms. The molecule has 0 bridgehead atoms. The summed E-state index contributed by atoms with van der Waals surface area (Å²) in [6.45, 7) is 1.62. The lowest BCUT2D eigenvalue weighted by molar-refractivity contribution is -0.132. The van der Waals surface area contributed by atoms with E-state index in [1.54, 1.807) is 37.3 Å². The minimum Gasteiger partial charge on any atom is -0.294 e. The van der Waals surface area contributed by atoms with Gasteiger partial charge in [-0.25, -0.2) is 8.42 Å². The van der Waals surface area contributed by atoms with Crippen molar-refractivity contribution in [2.75, 3.05) is 5.75 Å². The molecule has 0 saturated carbocycles. The highest BCUT2D eigenvalue weighted by atomic mass is 32.2. The Kier molecular flexibility index (Phi) is 2.98. The molecule has 18 heavy (non-hydrogen) atoms. The molecule has 1 atom stereocenters. The molecule has 1 heterocycles. The number of nitrogens with one attached hydrogen (secondary N) is 1. The van der Waals surface area contributed by atoms with Crippen LogP contribution in [0.5, 0.6) is 0 Å². The molecule has 2 rings (SSSR count). The monoisotopic (exact) mass is 267 g/mol. The third-order valence-corrected chi connectivity index (χ3v) is 5.62. The molecule has 1 aliphatic rings. The SMILES string of the molecule is CCC1(c2ccccc2)C(=O)NC(=O)CS1(=O)=O. The Morgan fingerprint density at radius 1 is 1.22 bits per heavy atom. The summed E-state index contributed by atoms with van der Waals surface area (Å²) >= 11 is 0. The smallest absolute Gasteiger partial charge is 0.252 e. The molecule has 0 radical (unpaired) electrons. The van der Waals surface area contributed by atoms with Gasteiger partial charge >= 0.3 is 0 Å². The van der Waals surface area contributed by atoms with Crippen LogP contribution in [-0.2, 0) is 24.2 Å². The maximum Gasteiger partial charge on any atom is 0.252 e. The summed E-state index contributed by atoms with van der Waals surface area (Å²) in [5.41, 5.74) is 0.400. The first kappa shape index (κ1) is 12.8. The fourth-order valence-corrected chi connectivity index (χ4v) is 4.24. The highest BCUT2D eigenvalue weighted by molar-refractivity contribution is 7.94. The molecule has 0 aromatic heterocycles. The minimum absolute atomic E-state index is 0.0957. The number of hydrogen-bond acceptors (Lipinski definition) is 4. The first-order chi connectivity index (χ1) is 8.44. The van der Waals surface area contributed by atoms with E-state index in [4.69, 9.17) is 0 Å². The quantitative estimate of drug-likeness (QED) is 0.785. The molecule has 1 unspecified atom stereocenters. The van der Waals surface area contributed by atoms with Gasteiger partial charge < -0.3 is 0 Å². The molecule has 1 aliphatic heterocycles. The van der Waals surface area contributed by atoms with E-state index < -0.39 is 32.2 Å². The standard InChI is InChI=1S/C12H13NO4S/c1-2-12(9-6-4-3-5-7-9)11(15)13-10(14)8-18(12,16)17/h3-7H,2,8H2,1H3,(H,13,14,15). The van der Waals surface area contributed by atoms with E-state index in [1.807, 2.05) is 0 Å². The van der Waals surface area contributed by atoms with Crippen molar-refractivity contribution >= 4 is 21.7 Å². The molecule has 1 saturated heterocycles. The summed E-state index contributed by atoms with van der Waals surface area (Å²) in [5.74, 6) is -2.17. The average Bonchev–Trinajstić information content (AvgIpc) is 2.29. The van der Waals surface area contributed by atoms with Crippen molar-refractivity contribution < 1.29 is 18.0 Å². The third kappa shape index (κ3) is 1.64. The second kappa shape index (κ2) is 4.20. The summed E-state index contributed by atoms with van der Waals surface area (Å²) in [6.07, 6.45) is 0.0957.